The van der Waals surface area contributed by atoms with E-state index in [1.165, 1.54) is 23.9 Å². The number of benzene rings is 1. The van der Waals surface area contributed by atoms with Crippen LogP contribution in [-0.4, -0.2) is 27.7 Å². The van der Waals surface area contributed by atoms with Crippen LogP contribution in [0.4, 0.5) is 5.69 Å². The van der Waals surface area contributed by atoms with E-state index >= 15 is 0 Å². The topological polar surface area (TPSA) is 79.3 Å². The third-order valence-electron chi connectivity index (χ3n) is 2.54. The average molecular weight is 322 g/mol. The van der Waals surface area contributed by atoms with E-state index in [1.807, 2.05) is 12.3 Å². The number of carbonyl (C=O) groups is 2. The molecular weight excluding hydrogens is 308 g/mol. The number of thiazole rings is 1. The molecule has 7 heteroatoms. The molecular formula is C14H14N2O3S2. The van der Waals surface area contributed by atoms with Crippen LogP contribution >= 0.6 is 23.1 Å². The van der Waals surface area contributed by atoms with Gasteiger partial charge in [-0.1, -0.05) is 6.07 Å². The summed E-state index contributed by atoms with van der Waals surface area (Å²) in [6.07, 6.45) is 0. The maximum Gasteiger partial charge on any atom is 0.335 e. The first-order chi connectivity index (χ1) is 10.0. The van der Waals surface area contributed by atoms with E-state index in [0.717, 1.165) is 10.7 Å². The fraction of sp³-hybridized carbons (Fsp3) is 0.214. The third-order valence-corrected chi connectivity index (χ3v) is 4.33. The lowest BCUT2D eigenvalue weighted by molar-refractivity contribution is -0.113. The number of aryl methyl sites for hydroxylation is 1. The number of hydrogen-bond donors (Lipinski definition) is 2. The molecule has 0 fully saturated rings. The Balaban J connectivity index is 1.81. The molecule has 0 aliphatic heterocycles. The zero-order valence-corrected chi connectivity index (χ0v) is 13.0. The summed E-state index contributed by atoms with van der Waals surface area (Å²) in [4.78, 5) is 27.0. The minimum Gasteiger partial charge on any atom is -0.478 e. The van der Waals surface area contributed by atoms with Crippen molar-refractivity contribution in [2.45, 2.75) is 12.7 Å². The molecule has 2 N–H and O–H groups in total. The summed E-state index contributed by atoms with van der Waals surface area (Å²) in [5, 5.41) is 14.6. The smallest absolute Gasteiger partial charge is 0.335 e. The van der Waals surface area contributed by atoms with E-state index in [-0.39, 0.29) is 11.5 Å². The monoisotopic (exact) mass is 322 g/mol. The highest BCUT2D eigenvalue weighted by Crippen LogP contribution is 2.16. The van der Waals surface area contributed by atoms with Crippen molar-refractivity contribution in [3.05, 3.63) is 45.9 Å². The van der Waals surface area contributed by atoms with Gasteiger partial charge in [0.1, 0.15) is 0 Å². The van der Waals surface area contributed by atoms with E-state index in [1.54, 1.807) is 23.5 Å². The molecule has 0 spiro atoms. The summed E-state index contributed by atoms with van der Waals surface area (Å²) in [6.45, 7) is 1.95. The van der Waals surface area contributed by atoms with E-state index in [0.29, 0.717) is 17.2 Å². The second kappa shape index (κ2) is 7.24. The Morgan fingerprint density at radius 2 is 2.24 bits per heavy atom. The molecule has 0 saturated heterocycles. The van der Waals surface area contributed by atoms with Crippen molar-refractivity contribution in [2.24, 2.45) is 0 Å². The molecule has 0 unspecified atom stereocenters. The zero-order chi connectivity index (χ0) is 15.2. The van der Waals surface area contributed by atoms with Gasteiger partial charge in [0.05, 0.1) is 22.0 Å². The van der Waals surface area contributed by atoms with Crippen molar-refractivity contribution >= 4 is 40.7 Å². The van der Waals surface area contributed by atoms with Gasteiger partial charge in [-0.25, -0.2) is 9.78 Å². The van der Waals surface area contributed by atoms with E-state index in [4.69, 9.17) is 5.11 Å². The van der Waals surface area contributed by atoms with Crippen LogP contribution in [0.5, 0.6) is 0 Å². The molecule has 0 aliphatic rings. The van der Waals surface area contributed by atoms with Crippen molar-refractivity contribution in [2.75, 3.05) is 11.1 Å². The third kappa shape index (κ3) is 4.87. The van der Waals surface area contributed by atoms with Crippen LogP contribution in [0.1, 0.15) is 21.1 Å². The Bertz CT molecular complexity index is 655. The summed E-state index contributed by atoms with van der Waals surface area (Å²) in [5.41, 5.74) is 1.62. The Hall–Kier alpha value is -1.86. The van der Waals surface area contributed by atoms with E-state index < -0.39 is 5.97 Å². The molecule has 21 heavy (non-hydrogen) atoms. The van der Waals surface area contributed by atoms with Crippen LogP contribution in [0.25, 0.3) is 0 Å². The summed E-state index contributed by atoms with van der Waals surface area (Å²) in [5.74, 6) is -0.185. The second-order valence-electron chi connectivity index (χ2n) is 4.28. The van der Waals surface area contributed by atoms with Crippen molar-refractivity contribution in [1.82, 2.24) is 4.98 Å². The van der Waals surface area contributed by atoms with Crippen LogP contribution in [-0.2, 0) is 10.5 Å². The first-order valence-electron chi connectivity index (χ1n) is 6.16. The number of hydrogen-bond acceptors (Lipinski definition) is 5. The van der Waals surface area contributed by atoms with Crippen LogP contribution in [0.2, 0.25) is 0 Å². The normalized spacial score (nSPS) is 10.3. The molecule has 0 aliphatic carbocycles. The number of aromatic nitrogens is 1. The standard InChI is InChI=1S/C14H14N2O3S2/c1-9-15-12(7-21-9)6-20-8-13(17)16-11-4-2-3-10(5-11)14(18)19/h2-5,7H,6,8H2,1H3,(H,16,17)(H,18,19). The van der Waals surface area contributed by atoms with Crippen molar-refractivity contribution in [1.29, 1.82) is 0 Å². The lowest BCUT2D eigenvalue weighted by Gasteiger charge is -2.05. The molecule has 2 aromatic rings. The van der Waals surface area contributed by atoms with Gasteiger partial charge in [0, 0.05) is 16.8 Å². The molecule has 1 aromatic heterocycles. The molecule has 0 atom stereocenters. The number of aromatic carboxylic acids is 1. The van der Waals surface area contributed by atoms with Gasteiger partial charge in [0.25, 0.3) is 0 Å². The van der Waals surface area contributed by atoms with Crippen LogP contribution in [0.15, 0.2) is 29.6 Å². The quantitative estimate of drug-likeness (QED) is 0.854. The number of carboxylic acid groups (broad SMARTS) is 1. The van der Waals surface area contributed by atoms with Crippen molar-refractivity contribution in [3.8, 4) is 0 Å². The highest BCUT2D eigenvalue weighted by atomic mass is 32.2. The predicted octanol–water partition coefficient (Wildman–Crippen LogP) is 3.02. The molecule has 1 heterocycles. The molecule has 1 amide bonds. The molecule has 110 valence electrons. The molecule has 0 bridgehead atoms. The zero-order valence-electron chi connectivity index (χ0n) is 11.3. The first-order valence-corrected chi connectivity index (χ1v) is 8.20. The number of carboxylic acids is 1. The highest BCUT2D eigenvalue weighted by molar-refractivity contribution is 7.99. The van der Waals surface area contributed by atoms with Crippen molar-refractivity contribution in [3.63, 3.8) is 0 Å². The number of carbonyl (C=O) groups excluding carboxylic acids is 1. The van der Waals surface area contributed by atoms with Gasteiger partial charge >= 0.3 is 5.97 Å². The molecule has 5 nitrogen and oxygen atoms in total. The Morgan fingerprint density at radius 3 is 2.90 bits per heavy atom. The van der Waals surface area contributed by atoms with Gasteiger partial charge in [0.2, 0.25) is 5.91 Å². The van der Waals surface area contributed by atoms with Gasteiger partial charge in [-0.15, -0.1) is 23.1 Å². The summed E-state index contributed by atoms with van der Waals surface area (Å²) >= 11 is 3.06. The second-order valence-corrected chi connectivity index (χ2v) is 6.33. The highest BCUT2D eigenvalue weighted by Gasteiger charge is 2.07. The van der Waals surface area contributed by atoms with Crippen LogP contribution in [0, 0.1) is 6.92 Å². The Labute approximate surface area is 130 Å². The number of rotatable bonds is 6. The van der Waals surface area contributed by atoms with Gasteiger partial charge in [-0.05, 0) is 25.1 Å². The Kier molecular flexibility index (Phi) is 5.35. The summed E-state index contributed by atoms with van der Waals surface area (Å²) < 4.78 is 0. The van der Waals surface area contributed by atoms with Gasteiger partial charge in [-0.2, -0.15) is 0 Å². The fourth-order valence-electron chi connectivity index (χ4n) is 1.65. The van der Waals surface area contributed by atoms with Gasteiger partial charge < -0.3 is 10.4 Å². The largest absolute Gasteiger partial charge is 0.478 e. The minimum absolute atomic E-state index is 0.151. The number of amides is 1. The molecule has 0 radical (unpaired) electrons. The van der Waals surface area contributed by atoms with Gasteiger partial charge in [0.15, 0.2) is 0 Å². The van der Waals surface area contributed by atoms with Crippen molar-refractivity contribution < 1.29 is 14.7 Å². The number of nitrogens with zero attached hydrogens (tertiary/aromatic N) is 1. The number of thioether (sulfide) groups is 1. The van der Waals surface area contributed by atoms with E-state index in [9.17, 15) is 9.59 Å². The van der Waals surface area contributed by atoms with Gasteiger partial charge in [-0.3, -0.25) is 4.79 Å². The Morgan fingerprint density at radius 1 is 1.43 bits per heavy atom. The summed E-state index contributed by atoms with van der Waals surface area (Å²) in [7, 11) is 0. The van der Waals surface area contributed by atoms with Crippen LogP contribution < -0.4 is 5.32 Å². The first kappa shape index (κ1) is 15.5. The summed E-state index contributed by atoms with van der Waals surface area (Å²) in [6, 6.07) is 6.19. The molecule has 2 rings (SSSR count). The van der Waals surface area contributed by atoms with E-state index in [2.05, 4.69) is 10.3 Å². The lowest BCUT2D eigenvalue weighted by atomic mass is 10.2. The maximum atomic E-state index is 11.8. The number of nitrogens with one attached hydrogen (secondary N) is 1. The SMILES string of the molecule is Cc1nc(CSCC(=O)Nc2cccc(C(=O)O)c2)cs1. The predicted molar refractivity (Wildman–Crippen MR) is 85.0 cm³/mol. The van der Waals surface area contributed by atoms with Crippen LogP contribution in [0.3, 0.4) is 0 Å². The maximum absolute atomic E-state index is 11.8. The number of anilines is 1. The average Bonchev–Trinajstić information content (AvgIpc) is 2.84. The lowest BCUT2D eigenvalue weighted by Crippen LogP contribution is -2.14. The fourth-order valence-corrected chi connectivity index (χ4v) is 3.08. The molecule has 1 aromatic carbocycles. The molecule has 0 saturated carbocycles. The minimum atomic E-state index is -1.01.